The van der Waals surface area contributed by atoms with Crippen molar-refractivity contribution in [2.45, 2.75) is 0 Å². The third kappa shape index (κ3) is 58.5. The Balaban J connectivity index is -0.0000000960. The van der Waals surface area contributed by atoms with E-state index in [1.165, 1.54) is 0 Å². The molecular formula is Ir2O21S6. The average Bonchev–Trinajstić information content (AvgIpc) is 1.96. The summed E-state index contributed by atoms with van der Waals surface area (Å²) in [5.74, 6) is 0. The van der Waals surface area contributed by atoms with Gasteiger partial charge in [0.2, 0.25) is 62.4 Å². The molecule has 0 aliphatic rings. The maximum atomic E-state index is 9.29. The van der Waals surface area contributed by atoms with E-state index < -0.39 is 62.4 Å². The molecule has 0 atom stereocenters. The molecule has 0 aliphatic carbocycles. The summed E-state index contributed by atoms with van der Waals surface area (Å²) in [6.45, 7) is 0. The average molecular weight is 913 g/mol. The Morgan fingerprint density at radius 2 is 0.379 bits per heavy atom. The third-order valence-electron chi connectivity index (χ3n) is 0.500. The minimum atomic E-state index is -5.43. The summed E-state index contributed by atoms with van der Waals surface area (Å²) in [5, 5.41) is 0. The fourth-order valence-electron chi connectivity index (χ4n) is 0.306. The zero-order valence-electron chi connectivity index (χ0n) is 11.7. The molecule has 0 aromatic heterocycles. The third-order valence-corrected chi connectivity index (χ3v) is 4.50. The van der Waals surface area contributed by atoms with Crippen LogP contribution in [-0.2, 0) is 113 Å². The number of hydrogen-bond donors (Lipinski definition) is 0. The first-order chi connectivity index (χ1) is 11.1. The molecule has 0 radical (unpaired) electrons. The second kappa shape index (κ2) is 13.9. The van der Waals surface area contributed by atoms with Gasteiger partial charge in [0, 0.05) is 0 Å². The smallest absolute Gasteiger partial charge is 0.725 e. The maximum absolute atomic E-state index is 9.29. The first-order valence-electron chi connectivity index (χ1n) is 4.00. The summed E-state index contributed by atoms with van der Waals surface area (Å²) in [6.07, 6.45) is 0. The Morgan fingerprint density at radius 1 is 0.310 bits per heavy atom. The first kappa shape index (κ1) is 40.0. The summed E-state index contributed by atoms with van der Waals surface area (Å²) >= 11 is 0. The standard InChI is InChI=1S/2Ir.3H2O7S2/c;;3*1-8(2,3)7-9(4,5)6/h;;3*(H,1,2,3)(H,4,5,6)/q2*+3;;;/p-6. The van der Waals surface area contributed by atoms with E-state index in [2.05, 4.69) is 10.9 Å². The molecule has 0 fully saturated rings. The summed E-state index contributed by atoms with van der Waals surface area (Å²) < 4.78 is 175. The summed E-state index contributed by atoms with van der Waals surface area (Å²) in [7, 11) is -32.6. The fraction of sp³-hybridized carbons (Fsp3) is 0. The van der Waals surface area contributed by atoms with E-state index in [4.69, 9.17) is 0 Å². The topological polar surface area (TPSA) is 371 Å². The van der Waals surface area contributed by atoms with Crippen molar-refractivity contribution in [2.24, 2.45) is 0 Å². The molecule has 0 saturated heterocycles. The van der Waals surface area contributed by atoms with Gasteiger partial charge in [-0.3, -0.25) is 0 Å². The summed E-state index contributed by atoms with van der Waals surface area (Å²) in [4.78, 5) is 0. The van der Waals surface area contributed by atoms with Crippen LogP contribution < -0.4 is 0 Å². The Bertz CT molecular complexity index is 854. The zero-order chi connectivity index (χ0) is 23.1. The molecular weight excluding hydrogens is 913 g/mol. The molecule has 0 spiro atoms. The molecule has 180 valence electrons. The van der Waals surface area contributed by atoms with E-state index in [1.54, 1.807) is 0 Å². The zero-order valence-corrected chi connectivity index (χ0v) is 21.4. The maximum Gasteiger partial charge on any atom is 3.00 e. The van der Waals surface area contributed by atoms with Crippen LogP contribution in [0.5, 0.6) is 0 Å². The number of rotatable bonds is 6. The van der Waals surface area contributed by atoms with Gasteiger partial charge in [-0.15, -0.1) is 0 Å². The van der Waals surface area contributed by atoms with E-state index in [1.807, 2.05) is 0 Å². The van der Waals surface area contributed by atoms with Gasteiger partial charge >= 0.3 is 40.2 Å². The predicted octanol–water partition coefficient (Wildman–Crippen LogP) is -6.23. The van der Waals surface area contributed by atoms with Gasteiger partial charge in [-0.05, 0) is 0 Å². The summed E-state index contributed by atoms with van der Waals surface area (Å²) in [6, 6.07) is 0. The molecule has 0 saturated carbocycles. The number of hydrogen-bond acceptors (Lipinski definition) is 21. The van der Waals surface area contributed by atoms with Crippen LogP contribution in [0.15, 0.2) is 0 Å². The van der Waals surface area contributed by atoms with Gasteiger partial charge in [-0.2, -0.15) is 10.9 Å². The molecule has 0 heterocycles. The molecule has 29 heavy (non-hydrogen) atoms. The molecule has 21 nitrogen and oxygen atoms in total. The summed E-state index contributed by atoms with van der Waals surface area (Å²) in [5.41, 5.74) is 0. The fourth-order valence-corrected chi connectivity index (χ4v) is 2.76. The molecule has 0 rings (SSSR count). The molecule has 0 aromatic carbocycles. The van der Waals surface area contributed by atoms with E-state index in [-0.39, 0.29) is 40.2 Å². The molecule has 29 heteroatoms. The molecule has 0 aliphatic heterocycles. The van der Waals surface area contributed by atoms with E-state index >= 15 is 0 Å². The van der Waals surface area contributed by atoms with E-state index in [0.29, 0.717) is 0 Å². The van der Waals surface area contributed by atoms with Gasteiger partial charge in [0.05, 0.1) is 0 Å². The van der Waals surface area contributed by atoms with Crippen molar-refractivity contribution in [3.05, 3.63) is 0 Å². The van der Waals surface area contributed by atoms with Gasteiger partial charge in [0.15, 0.2) is 0 Å². The predicted molar refractivity (Wildman–Crippen MR) is 61.4 cm³/mol. The van der Waals surface area contributed by atoms with Gasteiger partial charge in [-0.1, -0.05) is 0 Å². The van der Waals surface area contributed by atoms with Gasteiger partial charge < -0.3 is 27.3 Å². The Hall–Kier alpha value is 0.639. The van der Waals surface area contributed by atoms with Crippen molar-refractivity contribution in [1.82, 2.24) is 0 Å². The SMILES string of the molecule is O=S(=O)([O-])OS(=O)(=O)[O-].O=S(=O)([O-])OS(=O)(=O)[O-].O=S(=O)([O-])OS(=O)(=O)[O-].[Ir+3].[Ir+3]. The van der Waals surface area contributed by atoms with Gasteiger partial charge in [0.1, 0.15) is 0 Å². The quantitative estimate of drug-likeness (QED) is 0.177. The van der Waals surface area contributed by atoms with Crippen LogP contribution in [0.4, 0.5) is 0 Å². The van der Waals surface area contributed by atoms with Crippen molar-refractivity contribution in [2.75, 3.05) is 0 Å². The van der Waals surface area contributed by atoms with E-state index in [9.17, 15) is 77.8 Å². The monoisotopic (exact) mass is 914 g/mol. The molecule has 0 aromatic rings. The normalized spacial score (nSPS) is 12.6. The van der Waals surface area contributed by atoms with Crippen LogP contribution in [0.25, 0.3) is 0 Å². The van der Waals surface area contributed by atoms with Crippen molar-refractivity contribution < 1.29 is 129 Å². The molecule has 0 bridgehead atoms. The van der Waals surface area contributed by atoms with Crippen molar-refractivity contribution in [1.29, 1.82) is 0 Å². The van der Waals surface area contributed by atoms with Gasteiger partial charge in [-0.25, -0.2) is 50.5 Å². The van der Waals surface area contributed by atoms with Crippen LogP contribution in [0.2, 0.25) is 0 Å². The van der Waals surface area contributed by atoms with Crippen LogP contribution in [0, 0.1) is 0 Å². The van der Waals surface area contributed by atoms with Crippen molar-refractivity contribution >= 4 is 62.4 Å². The Kier molecular flexibility index (Phi) is 19.2. The van der Waals surface area contributed by atoms with Crippen LogP contribution >= 0.6 is 0 Å². The van der Waals surface area contributed by atoms with Crippen molar-refractivity contribution in [3.63, 3.8) is 0 Å². The minimum Gasteiger partial charge on any atom is -0.725 e. The van der Waals surface area contributed by atoms with Crippen LogP contribution in [0.1, 0.15) is 0 Å². The second-order valence-corrected chi connectivity index (χ2v) is 9.19. The Morgan fingerprint density at radius 3 is 0.379 bits per heavy atom. The largest absolute Gasteiger partial charge is 3.00 e. The molecule has 0 amide bonds. The Labute approximate surface area is 190 Å². The first-order valence-corrected chi connectivity index (χ1v) is 12.0. The molecule has 0 N–H and O–H groups in total. The second-order valence-electron chi connectivity index (χ2n) is 2.65. The van der Waals surface area contributed by atoms with Crippen LogP contribution in [-0.4, -0.2) is 77.8 Å². The van der Waals surface area contributed by atoms with Gasteiger partial charge in [0.25, 0.3) is 0 Å². The van der Waals surface area contributed by atoms with Crippen molar-refractivity contribution in [3.8, 4) is 0 Å². The van der Waals surface area contributed by atoms with E-state index in [0.717, 1.165) is 0 Å². The minimum absolute atomic E-state index is 0. The molecule has 0 unspecified atom stereocenters. The van der Waals surface area contributed by atoms with Crippen LogP contribution in [0.3, 0.4) is 0 Å².